The summed E-state index contributed by atoms with van der Waals surface area (Å²) in [4.78, 5) is 0. The van der Waals surface area contributed by atoms with E-state index < -0.39 is 0 Å². The van der Waals surface area contributed by atoms with E-state index >= 15 is 0 Å². The lowest BCUT2D eigenvalue weighted by molar-refractivity contribution is 0.0252. The van der Waals surface area contributed by atoms with Crippen molar-refractivity contribution in [2.45, 2.75) is 70.5 Å². The lowest BCUT2D eigenvalue weighted by atomic mass is 9.69. The number of rotatable bonds is 2. The normalized spacial score (nSPS) is 41.6. The van der Waals surface area contributed by atoms with Gasteiger partial charge in [-0.25, -0.2) is 0 Å². The van der Waals surface area contributed by atoms with Gasteiger partial charge in [-0.3, -0.25) is 0 Å². The zero-order chi connectivity index (χ0) is 16.4. The first kappa shape index (κ1) is 17.2. The van der Waals surface area contributed by atoms with Crippen LogP contribution in [0.5, 0.6) is 0 Å². The largest absolute Gasteiger partial charge is 0.393 e. The predicted octanol–water partition coefficient (Wildman–Crippen LogP) is 3.61. The minimum absolute atomic E-state index is 0.0909. The average molecular weight is 320 g/mol. The quantitative estimate of drug-likeness (QED) is 0.817. The maximum atomic E-state index is 10.5. The van der Waals surface area contributed by atoms with Crippen LogP contribution in [-0.2, 0) is 4.74 Å². The minimum Gasteiger partial charge on any atom is -0.393 e. The summed E-state index contributed by atoms with van der Waals surface area (Å²) in [5.74, 6) is 0.998. The zero-order valence-corrected chi connectivity index (χ0v) is 14.6. The van der Waals surface area contributed by atoms with Crippen LogP contribution < -0.4 is 0 Å². The van der Waals surface area contributed by atoms with Crippen molar-refractivity contribution in [2.75, 3.05) is 13.7 Å². The summed E-state index contributed by atoms with van der Waals surface area (Å²) in [6.07, 6.45) is 12.2. The van der Waals surface area contributed by atoms with E-state index in [4.69, 9.17) is 4.74 Å². The van der Waals surface area contributed by atoms with Crippen molar-refractivity contribution >= 4 is 0 Å². The van der Waals surface area contributed by atoms with Crippen molar-refractivity contribution in [3.63, 3.8) is 0 Å². The Morgan fingerprint density at radius 1 is 1.22 bits per heavy atom. The summed E-state index contributed by atoms with van der Waals surface area (Å²) in [6, 6.07) is 0. The van der Waals surface area contributed by atoms with E-state index in [1.54, 1.807) is 7.11 Å². The summed E-state index contributed by atoms with van der Waals surface area (Å²) in [5.41, 5.74) is 2.83. The number of hydrogen-bond donors (Lipinski definition) is 2. The summed E-state index contributed by atoms with van der Waals surface area (Å²) in [6.45, 7) is 3.03. The van der Waals surface area contributed by atoms with Gasteiger partial charge in [-0.1, -0.05) is 19.1 Å². The van der Waals surface area contributed by atoms with Gasteiger partial charge >= 0.3 is 0 Å². The topological polar surface area (TPSA) is 49.7 Å². The van der Waals surface area contributed by atoms with Gasteiger partial charge in [0.1, 0.15) is 0 Å². The molecule has 3 aliphatic rings. The third-order valence-electron chi connectivity index (χ3n) is 6.66. The third-order valence-corrected chi connectivity index (χ3v) is 6.66. The second-order valence-electron chi connectivity index (χ2n) is 8.03. The number of hydrogen-bond acceptors (Lipinski definition) is 3. The monoisotopic (exact) mass is 320 g/mol. The molecule has 5 atom stereocenters. The maximum absolute atomic E-state index is 10.5. The Morgan fingerprint density at radius 3 is 2.78 bits per heavy atom. The molecular weight excluding hydrogens is 288 g/mol. The van der Waals surface area contributed by atoms with Gasteiger partial charge in [0.05, 0.1) is 18.8 Å². The van der Waals surface area contributed by atoms with Crippen LogP contribution in [0.4, 0.5) is 0 Å². The fraction of sp³-hybridized carbons (Fsp3) is 0.800. The predicted molar refractivity (Wildman–Crippen MR) is 92.1 cm³/mol. The molecule has 4 unspecified atom stereocenters. The standard InChI is InChI=1S/C20H32O3/c1-20-11-3-4-14-6-9-17(21)12-18(14)15(13-23-2)5-7-16(20)8-10-19(20)22/h6,12,15-17,19,21-22H,3-5,7-11,13H2,1-2H3/t15?,16-,17?,19?,20?/m1/s1. The highest BCUT2D eigenvalue weighted by Crippen LogP contribution is 2.50. The van der Waals surface area contributed by atoms with E-state index in [2.05, 4.69) is 19.1 Å². The second kappa shape index (κ2) is 7.08. The lowest BCUT2D eigenvalue weighted by Gasteiger charge is -2.38. The van der Waals surface area contributed by atoms with Gasteiger partial charge in [-0.15, -0.1) is 0 Å². The highest BCUT2D eigenvalue weighted by Gasteiger charge is 2.45. The van der Waals surface area contributed by atoms with E-state index in [0.29, 0.717) is 11.8 Å². The van der Waals surface area contributed by atoms with E-state index in [1.807, 2.05) is 0 Å². The van der Waals surface area contributed by atoms with Gasteiger partial charge in [0.2, 0.25) is 0 Å². The first-order valence-corrected chi connectivity index (χ1v) is 9.30. The Morgan fingerprint density at radius 2 is 2.00 bits per heavy atom. The van der Waals surface area contributed by atoms with E-state index in [9.17, 15) is 10.2 Å². The summed E-state index contributed by atoms with van der Waals surface area (Å²) >= 11 is 0. The highest BCUT2D eigenvalue weighted by molar-refractivity contribution is 5.37. The molecule has 0 aliphatic heterocycles. The molecule has 0 amide bonds. The number of ether oxygens (including phenoxy) is 1. The molecule has 3 nitrogen and oxygen atoms in total. The molecule has 2 saturated carbocycles. The molecule has 23 heavy (non-hydrogen) atoms. The molecule has 130 valence electrons. The van der Waals surface area contributed by atoms with Crippen LogP contribution in [0.15, 0.2) is 23.3 Å². The molecule has 3 aliphatic carbocycles. The minimum atomic E-state index is -0.338. The number of aliphatic hydroxyl groups is 2. The molecule has 3 heteroatoms. The SMILES string of the molecule is COCC1CC[C@@H]2CCC(O)C2(C)CCCC2=CCC(O)C=C21. The smallest absolute Gasteiger partial charge is 0.0761 e. The Bertz CT molecular complexity index is 481. The Hall–Kier alpha value is -0.640. The molecule has 0 radical (unpaired) electrons. The van der Waals surface area contributed by atoms with Gasteiger partial charge in [-0.2, -0.15) is 0 Å². The number of fused-ring (bicyclic) bond motifs is 2. The molecule has 0 heterocycles. The zero-order valence-electron chi connectivity index (χ0n) is 14.6. The molecule has 3 rings (SSSR count). The van der Waals surface area contributed by atoms with E-state index in [1.165, 1.54) is 11.1 Å². The van der Waals surface area contributed by atoms with Crippen molar-refractivity contribution in [3.05, 3.63) is 23.3 Å². The van der Waals surface area contributed by atoms with Crippen LogP contribution in [-0.4, -0.2) is 36.1 Å². The fourth-order valence-corrected chi connectivity index (χ4v) is 5.14. The highest BCUT2D eigenvalue weighted by atomic mass is 16.5. The van der Waals surface area contributed by atoms with Crippen LogP contribution >= 0.6 is 0 Å². The number of allylic oxidation sites excluding steroid dienone is 1. The van der Waals surface area contributed by atoms with Crippen molar-refractivity contribution in [2.24, 2.45) is 17.3 Å². The van der Waals surface area contributed by atoms with E-state index in [-0.39, 0.29) is 17.6 Å². The molecule has 2 fully saturated rings. The lowest BCUT2D eigenvalue weighted by Crippen LogP contribution is -2.33. The first-order valence-electron chi connectivity index (χ1n) is 9.30. The number of aliphatic hydroxyl groups excluding tert-OH is 2. The summed E-state index contributed by atoms with van der Waals surface area (Å²) in [7, 11) is 1.77. The van der Waals surface area contributed by atoms with Gasteiger partial charge in [0.15, 0.2) is 0 Å². The molecule has 0 spiro atoms. The van der Waals surface area contributed by atoms with E-state index in [0.717, 1.165) is 58.0 Å². The molecule has 0 bridgehead atoms. The average Bonchev–Trinajstić information content (AvgIpc) is 2.81. The Labute approximate surface area is 140 Å². The molecule has 0 aromatic carbocycles. The molecule has 0 aromatic heterocycles. The third kappa shape index (κ3) is 3.42. The molecule has 0 saturated heterocycles. The fourth-order valence-electron chi connectivity index (χ4n) is 5.14. The summed E-state index contributed by atoms with van der Waals surface area (Å²) in [5, 5.41) is 20.6. The van der Waals surface area contributed by atoms with Crippen molar-refractivity contribution in [1.82, 2.24) is 0 Å². The van der Waals surface area contributed by atoms with Crippen molar-refractivity contribution in [1.29, 1.82) is 0 Å². The van der Waals surface area contributed by atoms with Gasteiger partial charge in [0, 0.05) is 13.0 Å². The molecular formula is C20H32O3. The van der Waals surface area contributed by atoms with Gasteiger partial charge in [0.25, 0.3) is 0 Å². The van der Waals surface area contributed by atoms with Crippen LogP contribution in [0, 0.1) is 17.3 Å². The maximum Gasteiger partial charge on any atom is 0.0761 e. The number of methoxy groups -OCH3 is 1. The van der Waals surface area contributed by atoms with Gasteiger partial charge < -0.3 is 14.9 Å². The van der Waals surface area contributed by atoms with Gasteiger partial charge in [-0.05, 0) is 73.8 Å². The Kier molecular flexibility index (Phi) is 5.29. The Balaban J connectivity index is 1.84. The van der Waals surface area contributed by atoms with Crippen molar-refractivity contribution < 1.29 is 14.9 Å². The molecule has 0 aromatic rings. The van der Waals surface area contributed by atoms with Crippen LogP contribution in [0.2, 0.25) is 0 Å². The summed E-state index contributed by atoms with van der Waals surface area (Å²) < 4.78 is 5.49. The van der Waals surface area contributed by atoms with Crippen LogP contribution in [0.25, 0.3) is 0 Å². The molecule has 2 N–H and O–H groups in total. The first-order chi connectivity index (χ1) is 11.0. The second-order valence-corrected chi connectivity index (χ2v) is 8.03. The van der Waals surface area contributed by atoms with Crippen molar-refractivity contribution in [3.8, 4) is 0 Å². The van der Waals surface area contributed by atoms with Crippen LogP contribution in [0.3, 0.4) is 0 Å². The van der Waals surface area contributed by atoms with Crippen LogP contribution in [0.1, 0.15) is 58.3 Å².